The molecule has 1 fully saturated rings. The van der Waals surface area contributed by atoms with Gasteiger partial charge in [0.25, 0.3) is 5.91 Å². The fourth-order valence-corrected chi connectivity index (χ4v) is 1.54. The van der Waals surface area contributed by atoms with Crippen molar-refractivity contribution in [1.82, 2.24) is 30.8 Å². The van der Waals surface area contributed by atoms with Crippen molar-refractivity contribution in [2.24, 2.45) is 0 Å². The molecular weight excluding hydrogens is 270 g/mol. The van der Waals surface area contributed by atoms with Gasteiger partial charge in [0, 0.05) is 6.54 Å². The van der Waals surface area contributed by atoms with Crippen LogP contribution in [0.3, 0.4) is 0 Å². The lowest BCUT2D eigenvalue weighted by atomic mass is 10.2. The molecule has 0 saturated carbocycles. The Hall–Kier alpha value is -2.69. The first-order valence-corrected chi connectivity index (χ1v) is 5.71. The van der Waals surface area contributed by atoms with E-state index in [9.17, 15) is 14.4 Å². The van der Waals surface area contributed by atoms with Crippen LogP contribution in [0.2, 0.25) is 0 Å². The summed E-state index contributed by atoms with van der Waals surface area (Å²) in [7, 11) is 0. The molecule has 0 aromatic carbocycles. The van der Waals surface area contributed by atoms with Gasteiger partial charge in [-0.25, -0.2) is 9.47 Å². The van der Waals surface area contributed by atoms with E-state index >= 15 is 0 Å². The highest BCUT2D eigenvalue weighted by Gasteiger charge is 2.30. The molecule has 1 aliphatic heterocycles. The minimum Gasteiger partial charge on any atom is -0.394 e. The zero-order valence-electron chi connectivity index (χ0n) is 10.2. The molecule has 11 heteroatoms. The minimum absolute atomic E-state index is 0.121. The monoisotopic (exact) mass is 283 g/mol. The van der Waals surface area contributed by atoms with E-state index < -0.39 is 36.5 Å². The highest BCUT2D eigenvalue weighted by Crippen LogP contribution is 1.93. The lowest BCUT2D eigenvalue weighted by molar-refractivity contribution is -0.128. The Bertz CT molecular complexity index is 502. The van der Waals surface area contributed by atoms with Crippen molar-refractivity contribution in [3.05, 3.63) is 12.7 Å². The molecule has 1 aliphatic rings. The summed E-state index contributed by atoms with van der Waals surface area (Å²) in [5.41, 5.74) is 2.35. The van der Waals surface area contributed by atoms with Crippen LogP contribution in [0.15, 0.2) is 12.7 Å². The van der Waals surface area contributed by atoms with Crippen LogP contribution in [0.4, 0.5) is 4.79 Å². The molecule has 2 atom stereocenters. The minimum atomic E-state index is -1.15. The van der Waals surface area contributed by atoms with Gasteiger partial charge in [0.1, 0.15) is 24.7 Å². The van der Waals surface area contributed by atoms with Gasteiger partial charge in [-0.15, -0.1) is 10.2 Å². The lowest BCUT2D eigenvalue weighted by Crippen LogP contribution is -2.53. The van der Waals surface area contributed by atoms with Gasteiger partial charge in [0.2, 0.25) is 5.91 Å². The number of rotatable bonds is 5. The van der Waals surface area contributed by atoms with Gasteiger partial charge in [-0.05, 0) is 0 Å². The first-order chi connectivity index (χ1) is 9.60. The Kier molecular flexibility index (Phi) is 4.10. The first kappa shape index (κ1) is 13.7. The van der Waals surface area contributed by atoms with E-state index in [4.69, 9.17) is 5.11 Å². The molecule has 2 unspecified atom stereocenters. The summed E-state index contributed by atoms with van der Waals surface area (Å²) in [4.78, 5) is 34.5. The van der Waals surface area contributed by atoms with E-state index in [1.165, 1.54) is 17.3 Å². The molecule has 4 amide bonds. The SMILES string of the molecule is O=C1NCC(C(=O)NC(CO)C(=O)Nn2cnnc2)N1. The molecule has 0 radical (unpaired) electrons. The number of hydrogen-bond donors (Lipinski definition) is 5. The van der Waals surface area contributed by atoms with Crippen LogP contribution >= 0.6 is 0 Å². The highest BCUT2D eigenvalue weighted by molar-refractivity contribution is 5.95. The Morgan fingerprint density at radius 1 is 1.50 bits per heavy atom. The number of amides is 4. The fourth-order valence-electron chi connectivity index (χ4n) is 1.54. The molecule has 5 N–H and O–H groups in total. The summed E-state index contributed by atoms with van der Waals surface area (Å²) in [6.45, 7) is -0.469. The number of aliphatic hydroxyl groups is 1. The molecule has 11 nitrogen and oxygen atoms in total. The topological polar surface area (TPSA) is 150 Å². The average molecular weight is 283 g/mol. The molecule has 1 saturated heterocycles. The van der Waals surface area contributed by atoms with Crippen LogP contribution in [0.1, 0.15) is 0 Å². The Morgan fingerprint density at radius 2 is 2.20 bits per heavy atom. The molecule has 2 rings (SSSR count). The summed E-state index contributed by atoms with van der Waals surface area (Å²) in [6.07, 6.45) is 2.49. The third-order valence-electron chi connectivity index (χ3n) is 2.56. The number of nitrogens with one attached hydrogen (secondary N) is 4. The zero-order valence-corrected chi connectivity index (χ0v) is 10.2. The third-order valence-corrected chi connectivity index (χ3v) is 2.56. The molecule has 1 aromatic heterocycles. The van der Waals surface area contributed by atoms with Crippen molar-refractivity contribution in [3.63, 3.8) is 0 Å². The van der Waals surface area contributed by atoms with E-state index in [0.717, 1.165) is 0 Å². The number of hydrogen-bond acceptors (Lipinski definition) is 6. The maximum Gasteiger partial charge on any atom is 0.315 e. The molecule has 0 aliphatic carbocycles. The van der Waals surface area contributed by atoms with Crippen molar-refractivity contribution in [3.8, 4) is 0 Å². The quantitative estimate of drug-likeness (QED) is 0.378. The van der Waals surface area contributed by atoms with Crippen LogP contribution < -0.4 is 21.4 Å². The summed E-state index contributed by atoms with van der Waals surface area (Å²) in [5, 5.41) is 23.2. The van der Waals surface area contributed by atoms with Gasteiger partial charge in [0.05, 0.1) is 6.61 Å². The standard InChI is InChI=1S/C9H13N7O4/c17-2-6(8(19)15-16-3-11-12-4-16)13-7(18)5-1-10-9(20)14-5/h3-6,17H,1-2H2,(H,13,18)(H,15,19)(H2,10,14,20). The second-order valence-electron chi connectivity index (χ2n) is 4.00. The van der Waals surface area contributed by atoms with E-state index in [0.29, 0.717) is 0 Å². The predicted octanol–water partition coefficient (Wildman–Crippen LogP) is -3.49. The highest BCUT2D eigenvalue weighted by atomic mass is 16.3. The van der Waals surface area contributed by atoms with Gasteiger partial charge in [-0.2, -0.15) is 0 Å². The number of carbonyl (C=O) groups is 3. The average Bonchev–Trinajstić information content (AvgIpc) is 3.07. The normalized spacial score (nSPS) is 18.9. The van der Waals surface area contributed by atoms with Crippen LogP contribution in [0, 0.1) is 0 Å². The molecule has 0 spiro atoms. The van der Waals surface area contributed by atoms with Crippen LogP contribution in [-0.4, -0.2) is 63.1 Å². The number of aromatic nitrogens is 3. The van der Waals surface area contributed by atoms with Crippen molar-refractivity contribution in [2.75, 3.05) is 18.6 Å². The zero-order chi connectivity index (χ0) is 14.5. The molecule has 20 heavy (non-hydrogen) atoms. The number of aliphatic hydroxyl groups excluding tert-OH is 1. The fraction of sp³-hybridized carbons (Fsp3) is 0.444. The molecular formula is C9H13N7O4. The maximum absolute atomic E-state index is 11.8. The van der Waals surface area contributed by atoms with E-state index in [-0.39, 0.29) is 6.54 Å². The van der Waals surface area contributed by atoms with Gasteiger partial charge in [0.15, 0.2) is 0 Å². The Labute approximate surface area is 112 Å². The Morgan fingerprint density at radius 3 is 2.75 bits per heavy atom. The van der Waals surface area contributed by atoms with Crippen molar-refractivity contribution in [2.45, 2.75) is 12.1 Å². The maximum atomic E-state index is 11.8. The van der Waals surface area contributed by atoms with E-state index in [1.807, 2.05) is 0 Å². The second kappa shape index (κ2) is 5.97. The van der Waals surface area contributed by atoms with E-state index in [1.54, 1.807) is 0 Å². The number of urea groups is 1. The van der Waals surface area contributed by atoms with Gasteiger partial charge < -0.3 is 21.1 Å². The summed E-state index contributed by atoms with van der Waals surface area (Å²) in [6, 6.07) is -2.39. The van der Waals surface area contributed by atoms with Crippen LogP contribution in [-0.2, 0) is 9.59 Å². The number of carbonyl (C=O) groups excluding carboxylic acids is 3. The second-order valence-corrected chi connectivity index (χ2v) is 4.00. The van der Waals surface area contributed by atoms with Gasteiger partial charge in [-0.3, -0.25) is 15.0 Å². The predicted molar refractivity (Wildman–Crippen MR) is 63.7 cm³/mol. The van der Waals surface area contributed by atoms with Crippen molar-refractivity contribution in [1.29, 1.82) is 0 Å². The van der Waals surface area contributed by atoms with Crippen molar-refractivity contribution < 1.29 is 19.5 Å². The third kappa shape index (κ3) is 3.20. The largest absolute Gasteiger partial charge is 0.394 e. The summed E-state index contributed by atoms with van der Waals surface area (Å²) >= 11 is 0. The molecule has 0 bridgehead atoms. The van der Waals surface area contributed by atoms with Gasteiger partial charge >= 0.3 is 6.03 Å². The summed E-state index contributed by atoms with van der Waals surface area (Å²) in [5.74, 6) is -1.21. The lowest BCUT2D eigenvalue weighted by Gasteiger charge is -2.18. The first-order valence-electron chi connectivity index (χ1n) is 5.71. The van der Waals surface area contributed by atoms with Crippen LogP contribution in [0.5, 0.6) is 0 Å². The number of nitrogens with zero attached hydrogens (tertiary/aromatic N) is 3. The van der Waals surface area contributed by atoms with Crippen molar-refractivity contribution >= 4 is 17.8 Å². The molecule has 2 heterocycles. The van der Waals surface area contributed by atoms with E-state index in [2.05, 4.69) is 31.6 Å². The molecule has 1 aromatic rings. The summed E-state index contributed by atoms with van der Waals surface area (Å²) < 4.78 is 1.18. The Balaban J connectivity index is 1.89. The van der Waals surface area contributed by atoms with Gasteiger partial charge in [-0.1, -0.05) is 0 Å². The van der Waals surface area contributed by atoms with Crippen LogP contribution in [0.25, 0.3) is 0 Å². The molecule has 108 valence electrons. The smallest absolute Gasteiger partial charge is 0.315 e.